The summed E-state index contributed by atoms with van der Waals surface area (Å²) in [6, 6.07) is 3.80. The smallest absolute Gasteiger partial charge is 0.126 e. The molecule has 0 bridgehead atoms. The van der Waals surface area contributed by atoms with E-state index >= 15 is 0 Å². The van der Waals surface area contributed by atoms with Gasteiger partial charge in [-0.05, 0) is 45.0 Å². The molecule has 2 rings (SSSR count). The summed E-state index contributed by atoms with van der Waals surface area (Å²) < 4.78 is 28.4. The van der Waals surface area contributed by atoms with E-state index in [2.05, 4.69) is 17.3 Å². The van der Waals surface area contributed by atoms with Crippen LogP contribution in [0.1, 0.15) is 41.9 Å². The minimum atomic E-state index is -0.562. The van der Waals surface area contributed by atoms with Crippen molar-refractivity contribution in [2.24, 2.45) is 0 Å². The fourth-order valence-corrected chi connectivity index (χ4v) is 2.80. The lowest BCUT2D eigenvalue weighted by Crippen LogP contribution is -2.17. The first-order valence-corrected chi connectivity index (χ1v) is 7.12. The second kappa shape index (κ2) is 6.35. The minimum Gasteiger partial charge on any atom is -0.313 e. The molecule has 1 aromatic heterocycles. The lowest BCUT2D eigenvalue weighted by molar-refractivity contribution is 0.565. The first-order chi connectivity index (χ1) is 9.96. The van der Waals surface area contributed by atoms with Crippen LogP contribution in [0.4, 0.5) is 8.78 Å². The predicted molar refractivity (Wildman–Crippen MR) is 79.3 cm³/mol. The number of benzene rings is 1. The van der Waals surface area contributed by atoms with Crippen LogP contribution >= 0.6 is 0 Å². The summed E-state index contributed by atoms with van der Waals surface area (Å²) in [5, 5.41) is 7.79. The molecular formula is C16H21F2N3. The van der Waals surface area contributed by atoms with Crippen molar-refractivity contribution in [2.75, 3.05) is 7.05 Å². The highest BCUT2D eigenvalue weighted by molar-refractivity contribution is 5.29. The van der Waals surface area contributed by atoms with E-state index in [0.717, 1.165) is 29.4 Å². The fraction of sp³-hybridized carbons (Fsp3) is 0.438. The van der Waals surface area contributed by atoms with Crippen LogP contribution < -0.4 is 5.32 Å². The molecular weight excluding hydrogens is 272 g/mol. The maximum atomic E-state index is 13.3. The van der Waals surface area contributed by atoms with Crippen LogP contribution in [0, 0.1) is 25.5 Å². The molecule has 0 spiro atoms. The fourth-order valence-electron chi connectivity index (χ4n) is 2.80. The molecule has 3 nitrogen and oxygen atoms in total. The van der Waals surface area contributed by atoms with Gasteiger partial charge in [0.05, 0.1) is 12.2 Å². The molecule has 5 heteroatoms. The molecule has 1 aromatic carbocycles. The molecule has 0 saturated heterocycles. The Bertz CT molecular complexity index is 610. The predicted octanol–water partition coefficient (Wildman–Crippen LogP) is 3.50. The topological polar surface area (TPSA) is 29.9 Å². The van der Waals surface area contributed by atoms with Gasteiger partial charge in [0, 0.05) is 23.4 Å². The molecule has 0 saturated carbocycles. The van der Waals surface area contributed by atoms with Gasteiger partial charge in [-0.25, -0.2) is 8.78 Å². The average Bonchev–Trinajstić information content (AvgIpc) is 2.67. The van der Waals surface area contributed by atoms with Crippen LogP contribution in [0.5, 0.6) is 0 Å². The summed E-state index contributed by atoms with van der Waals surface area (Å²) in [5.41, 5.74) is 3.71. The molecule has 21 heavy (non-hydrogen) atoms. The van der Waals surface area contributed by atoms with Crippen LogP contribution in [-0.2, 0) is 6.54 Å². The quantitative estimate of drug-likeness (QED) is 0.914. The molecule has 1 unspecified atom stereocenters. The van der Waals surface area contributed by atoms with Crippen LogP contribution in [0.25, 0.3) is 0 Å². The van der Waals surface area contributed by atoms with E-state index in [4.69, 9.17) is 0 Å². The van der Waals surface area contributed by atoms with Gasteiger partial charge in [0.15, 0.2) is 0 Å². The number of nitrogens with one attached hydrogen (secondary N) is 1. The minimum absolute atomic E-state index is 0.239. The highest BCUT2D eigenvalue weighted by Crippen LogP contribution is 2.24. The van der Waals surface area contributed by atoms with Crippen molar-refractivity contribution < 1.29 is 8.78 Å². The summed E-state index contributed by atoms with van der Waals surface area (Å²) in [6.07, 6.45) is 0.957. The van der Waals surface area contributed by atoms with E-state index in [1.165, 1.54) is 12.1 Å². The zero-order chi connectivity index (χ0) is 15.6. The van der Waals surface area contributed by atoms with Crippen LogP contribution in [0.15, 0.2) is 18.2 Å². The molecule has 0 aliphatic rings. The second-order valence-corrected chi connectivity index (χ2v) is 5.27. The SMILES string of the molecule is CCC(NC)c1c(C)nn(Cc2cc(F)cc(F)c2)c1C. The molecule has 1 N–H and O–H groups in total. The normalized spacial score (nSPS) is 12.7. The first kappa shape index (κ1) is 15.6. The van der Waals surface area contributed by atoms with Crippen molar-refractivity contribution in [3.63, 3.8) is 0 Å². The van der Waals surface area contributed by atoms with Gasteiger partial charge >= 0.3 is 0 Å². The summed E-state index contributed by atoms with van der Waals surface area (Å²) >= 11 is 0. The Morgan fingerprint density at radius 2 is 1.81 bits per heavy atom. The molecule has 0 radical (unpaired) electrons. The molecule has 0 amide bonds. The van der Waals surface area contributed by atoms with Gasteiger partial charge in [0.1, 0.15) is 11.6 Å². The zero-order valence-corrected chi connectivity index (χ0v) is 12.9. The number of rotatable bonds is 5. The number of hydrogen-bond acceptors (Lipinski definition) is 2. The zero-order valence-electron chi connectivity index (χ0n) is 12.9. The third-order valence-electron chi connectivity index (χ3n) is 3.80. The standard InChI is InChI=1S/C16H21F2N3/c1-5-15(19-4)16-10(2)20-21(11(16)3)9-12-6-13(17)8-14(18)7-12/h6-8,15,19H,5,9H2,1-4H3. The van der Waals surface area contributed by atoms with E-state index in [0.29, 0.717) is 12.1 Å². The van der Waals surface area contributed by atoms with Gasteiger partial charge in [-0.3, -0.25) is 4.68 Å². The molecule has 2 aromatic rings. The Morgan fingerprint density at radius 3 is 2.33 bits per heavy atom. The van der Waals surface area contributed by atoms with Crippen molar-refractivity contribution in [1.82, 2.24) is 15.1 Å². The monoisotopic (exact) mass is 293 g/mol. The third-order valence-corrected chi connectivity index (χ3v) is 3.80. The number of aryl methyl sites for hydroxylation is 1. The molecule has 1 atom stereocenters. The van der Waals surface area contributed by atoms with E-state index in [-0.39, 0.29) is 6.04 Å². The Balaban J connectivity index is 2.35. The Kier molecular flexibility index (Phi) is 4.73. The van der Waals surface area contributed by atoms with Crippen LogP contribution in [0.3, 0.4) is 0 Å². The van der Waals surface area contributed by atoms with Crippen molar-refractivity contribution in [3.8, 4) is 0 Å². The Morgan fingerprint density at radius 1 is 1.19 bits per heavy atom. The molecule has 1 heterocycles. The van der Waals surface area contributed by atoms with Gasteiger partial charge in [-0.15, -0.1) is 0 Å². The lowest BCUT2D eigenvalue weighted by atomic mass is 10.0. The number of hydrogen-bond donors (Lipinski definition) is 1. The second-order valence-electron chi connectivity index (χ2n) is 5.27. The lowest BCUT2D eigenvalue weighted by Gasteiger charge is -2.15. The van der Waals surface area contributed by atoms with Crippen molar-refractivity contribution in [1.29, 1.82) is 0 Å². The van der Waals surface area contributed by atoms with Crippen molar-refractivity contribution in [2.45, 2.75) is 39.8 Å². The maximum Gasteiger partial charge on any atom is 0.126 e. The largest absolute Gasteiger partial charge is 0.313 e. The molecule has 0 aliphatic heterocycles. The number of nitrogens with zero attached hydrogens (tertiary/aromatic N) is 2. The summed E-state index contributed by atoms with van der Waals surface area (Å²) in [5.74, 6) is -1.12. The van der Waals surface area contributed by atoms with Gasteiger partial charge in [-0.2, -0.15) is 5.10 Å². The number of halogens is 2. The maximum absolute atomic E-state index is 13.3. The van der Waals surface area contributed by atoms with Crippen molar-refractivity contribution >= 4 is 0 Å². The van der Waals surface area contributed by atoms with E-state index in [9.17, 15) is 8.78 Å². The molecule has 114 valence electrons. The van der Waals surface area contributed by atoms with E-state index < -0.39 is 11.6 Å². The highest BCUT2D eigenvalue weighted by atomic mass is 19.1. The summed E-state index contributed by atoms with van der Waals surface area (Å²) in [7, 11) is 1.92. The Hall–Kier alpha value is -1.75. The first-order valence-electron chi connectivity index (χ1n) is 7.12. The van der Waals surface area contributed by atoms with E-state index in [1.54, 1.807) is 4.68 Å². The third kappa shape index (κ3) is 3.29. The van der Waals surface area contributed by atoms with E-state index in [1.807, 2.05) is 20.9 Å². The van der Waals surface area contributed by atoms with Gasteiger partial charge in [0.25, 0.3) is 0 Å². The summed E-state index contributed by atoms with van der Waals surface area (Å²) in [4.78, 5) is 0. The number of aromatic nitrogens is 2. The Labute approximate surface area is 124 Å². The van der Waals surface area contributed by atoms with Gasteiger partial charge in [-0.1, -0.05) is 6.92 Å². The highest BCUT2D eigenvalue weighted by Gasteiger charge is 2.18. The van der Waals surface area contributed by atoms with Crippen LogP contribution in [-0.4, -0.2) is 16.8 Å². The summed E-state index contributed by atoms with van der Waals surface area (Å²) in [6.45, 7) is 6.43. The molecule has 0 fully saturated rings. The van der Waals surface area contributed by atoms with Gasteiger partial charge < -0.3 is 5.32 Å². The van der Waals surface area contributed by atoms with Gasteiger partial charge in [0.2, 0.25) is 0 Å². The average molecular weight is 293 g/mol. The van der Waals surface area contributed by atoms with Crippen LogP contribution in [0.2, 0.25) is 0 Å². The molecule has 0 aliphatic carbocycles. The van der Waals surface area contributed by atoms with Crippen molar-refractivity contribution in [3.05, 3.63) is 52.3 Å².